The van der Waals surface area contributed by atoms with Gasteiger partial charge in [-0.25, -0.2) is 4.98 Å². The molecule has 0 amide bonds. The van der Waals surface area contributed by atoms with Gasteiger partial charge in [0.2, 0.25) is 11.5 Å². The van der Waals surface area contributed by atoms with Gasteiger partial charge in [-0.2, -0.15) is 0 Å². The van der Waals surface area contributed by atoms with Gasteiger partial charge in [0, 0.05) is 43.5 Å². The zero-order chi connectivity index (χ0) is 26.0. The summed E-state index contributed by atoms with van der Waals surface area (Å²) in [6, 6.07) is 6.17. The third-order valence-corrected chi connectivity index (χ3v) is 8.05. The minimum Gasteiger partial charge on any atom is -0.492 e. The van der Waals surface area contributed by atoms with Gasteiger partial charge in [0.1, 0.15) is 5.82 Å². The van der Waals surface area contributed by atoms with Crippen LogP contribution in [0.25, 0.3) is 0 Å². The van der Waals surface area contributed by atoms with Crippen LogP contribution in [0.3, 0.4) is 0 Å². The highest BCUT2D eigenvalue weighted by Gasteiger charge is 2.35. The first-order valence-electron chi connectivity index (χ1n) is 14.0. The molecule has 7 nitrogen and oxygen atoms in total. The molecule has 1 aliphatic carbocycles. The summed E-state index contributed by atoms with van der Waals surface area (Å²) in [5.41, 5.74) is 2.49. The summed E-state index contributed by atoms with van der Waals surface area (Å²) in [5, 5.41) is 0. The second-order valence-electron chi connectivity index (χ2n) is 10.2. The predicted molar refractivity (Wildman–Crippen MR) is 149 cm³/mol. The van der Waals surface area contributed by atoms with E-state index in [0.717, 1.165) is 56.3 Å². The van der Waals surface area contributed by atoms with E-state index in [1.165, 1.54) is 62.6 Å². The molecule has 1 fully saturated rings. The van der Waals surface area contributed by atoms with Crippen molar-refractivity contribution in [2.45, 2.75) is 63.7 Å². The van der Waals surface area contributed by atoms with Crippen LogP contribution >= 0.6 is 0 Å². The lowest BCUT2D eigenvalue weighted by molar-refractivity contribution is 0.251. The number of benzene rings is 1. The minimum atomic E-state index is 0.489. The van der Waals surface area contributed by atoms with Gasteiger partial charge in [-0.15, -0.1) is 0 Å². The first-order chi connectivity index (χ1) is 18.2. The van der Waals surface area contributed by atoms with E-state index < -0.39 is 0 Å². The number of rotatable bonds is 14. The van der Waals surface area contributed by atoms with Crippen LogP contribution in [0.4, 0.5) is 5.82 Å². The molecule has 0 saturated carbocycles. The van der Waals surface area contributed by atoms with Crippen molar-refractivity contribution >= 4 is 5.82 Å². The van der Waals surface area contributed by atoms with Gasteiger partial charge in [-0.1, -0.05) is 38.2 Å². The van der Waals surface area contributed by atoms with Crippen LogP contribution in [0, 0.1) is 0 Å². The number of hydrogen-bond donors (Lipinski definition) is 0. The van der Waals surface area contributed by atoms with E-state index in [2.05, 4.69) is 26.9 Å². The van der Waals surface area contributed by atoms with Gasteiger partial charge in [0.15, 0.2) is 11.5 Å². The molecule has 37 heavy (non-hydrogen) atoms. The molecular weight excluding hydrogens is 466 g/mol. The highest BCUT2D eigenvalue weighted by atomic mass is 16.5. The van der Waals surface area contributed by atoms with Crippen LogP contribution in [0.2, 0.25) is 0 Å². The molecule has 0 spiro atoms. The molecule has 0 radical (unpaired) electrons. The molecule has 1 aromatic heterocycles. The summed E-state index contributed by atoms with van der Waals surface area (Å²) in [5.74, 6) is 4.50. The van der Waals surface area contributed by atoms with Crippen LogP contribution in [0.15, 0.2) is 24.4 Å². The first-order valence-corrected chi connectivity index (χ1v) is 14.0. The predicted octanol–water partition coefficient (Wildman–Crippen LogP) is 5.70. The maximum Gasteiger partial charge on any atom is 0.207 e. The molecule has 1 aliphatic heterocycles. The average Bonchev–Trinajstić information content (AvgIpc) is 3.37. The molecule has 1 aromatic carbocycles. The van der Waals surface area contributed by atoms with Crippen molar-refractivity contribution < 1.29 is 18.9 Å². The number of unbranched alkanes of at least 4 members (excludes halogenated alkanes) is 5. The van der Waals surface area contributed by atoms with E-state index in [4.69, 9.17) is 18.9 Å². The van der Waals surface area contributed by atoms with E-state index in [1.54, 1.807) is 28.4 Å². The fraction of sp³-hybridized carbons (Fsp3) is 0.633. The third kappa shape index (κ3) is 6.43. The molecule has 1 atom stereocenters. The Hall–Kier alpha value is -2.67. The molecule has 1 saturated heterocycles. The quantitative estimate of drug-likeness (QED) is 0.302. The highest BCUT2D eigenvalue weighted by Crippen LogP contribution is 2.56. The number of ether oxygens (including phenoxy) is 4. The van der Waals surface area contributed by atoms with Gasteiger partial charge >= 0.3 is 0 Å². The minimum absolute atomic E-state index is 0.489. The number of methoxy groups -OCH3 is 4. The monoisotopic (exact) mass is 511 g/mol. The number of fused-ring (bicyclic) bond motifs is 1. The number of nitrogens with zero attached hydrogens (tertiary/aromatic N) is 3. The lowest BCUT2D eigenvalue weighted by Crippen LogP contribution is -2.46. The van der Waals surface area contributed by atoms with E-state index in [0.29, 0.717) is 17.4 Å². The van der Waals surface area contributed by atoms with Crippen LogP contribution in [-0.2, 0) is 6.42 Å². The zero-order valence-electron chi connectivity index (χ0n) is 23.3. The maximum absolute atomic E-state index is 5.83. The molecule has 0 N–H and O–H groups in total. The fourth-order valence-electron chi connectivity index (χ4n) is 6.12. The maximum atomic E-state index is 5.83. The summed E-state index contributed by atoms with van der Waals surface area (Å²) in [6.45, 7) is 5.67. The molecule has 1 unspecified atom stereocenters. The summed E-state index contributed by atoms with van der Waals surface area (Å²) in [6.07, 6.45) is 13.0. The van der Waals surface area contributed by atoms with Crippen LogP contribution in [-0.4, -0.2) is 71.0 Å². The Morgan fingerprint density at radius 2 is 1.41 bits per heavy atom. The Bertz CT molecular complexity index is 977. The standard InChI is InChI=1S/C30H45N3O4/c1-34-27-24-16-15-23(26(24)28(35-2)30(37-4)29(27)36-3)13-9-7-5-6-8-12-18-32-19-21-33(22-20-32)25-14-10-11-17-31-25/h10-11,14,17,23H,5-9,12-13,15-16,18-22H2,1-4H3. The van der Waals surface area contributed by atoms with Crippen LogP contribution in [0.5, 0.6) is 23.0 Å². The lowest BCUT2D eigenvalue weighted by Gasteiger charge is -2.35. The number of hydrogen-bond acceptors (Lipinski definition) is 7. The van der Waals surface area contributed by atoms with Crippen LogP contribution in [0.1, 0.15) is 68.4 Å². The molecule has 0 bridgehead atoms. The van der Waals surface area contributed by atoms with Crippen LogP contribution < -0.4 is 23.8 Å². The second kappa shape index (κ2) is 13.8. The zero-order valence-corrected chi connectivity index (χ0v) is 23.3. The second-order valence-corrected chi connectivity index (χ2v) is 10.2. The molecule has 2 aromatic rings. The van der Waals surface area contributed by atoms with Gasteiger partial charge < -0.3 is 23.8 Å². The topological polar surface area (TPSA) is 56.3 Å². The number of pyridine rings is 1. The van der Waals surface area contributed by atoms with Crippen molar-refractivity contribution in [2.75, 3.05) is 66.1 Å². The molecular formula is C30H45N3O4. The van der Waals surface area contributed by atoms with E-state index in [9.17, 15) is 0 Å². The normalized spacial score (nSPS) is 17.5. The van der Waals surface area contributed by atoms with Crippen molar-refractivity contribution in [3.8, 4) is 23.0 Å². The van der Waals surface area contributed by atoms with Crippen molar-refractivity contribution in [3.63, 3.8) is 0 Å². The number of anilines is 1. The number of piperazine rings is 1. The van der Waals surface area contributed by atoms with Gasteiger partial charge in [0.25, 0.3) is 0 Å². The average molecular weight is 512 g/mol. The molecule has 2 heterocycles. The fourth-order valence-corrected chi connectivity index (χ4v) is 6.12. The Labute approximate surface area is 223 Å². The smallest absolute Gasteiger partial charge is 0.207 e. The Kier molecular flexibility index (Phi) is 10.2. The number of aromatic nitrogens is 1. The molecule has 2 aliphatic rings. The Morgan fingerprint density at radius 1 is 0.757 bits per heavy atom. The summed E-state index contributed by atoms with van der Waals surface area (Å²) >= 11 is 0. The van der Waals surface area contributed by atoms with E-state index in [-0.39, 0.29) is 0 Å². The van der Waals surface area contributed by atoms with Crippen molar-refractivity contribution in [2.24, 2.45) is 0 Å². The largest absolute Gasteiger partial charge is 0.492 e. The molecule has 204 valence electrons. The summed E-state index contributed by atoms with van der Waals surface area (Å²) in [4.78, 5) is 9.50. The van der Waals surface area contributed by atoms with Gasteiger partial charge in [0.05, 0.1) is 28.4 Å². The van der Waals surface area contributed by atoms with Gasteiger partial charge in [-0.3, -0.25) is 4.90 Å². The molecule has 4 rings (SSSR count). The van der Waals surface area contributed by atoms with Crippen molar-refractivity contribution in [1.82, 2.24) is 9.88 Å². The Balaban J connectivity index is 1.15. The lowest BCUT2D eigenvalue weighted by atomic mass is 9.93. The molecule has 7 heteroatoms. The van der Waals surface area contributed by atoms with Crippen molar-refractivity contribution in [3.05, 3.63) is 35.5 Å². The third-order valence-electron chi connectivity index (χ3n) is 8.05. The first kappa shape index (κ1) is 27.4. The summed E-state index contributed by atoms with van der Waals surface area (Å²) in [7, 11) is 6.75. The van der Waals surface area contributed by atoms with E-state index >= 15 is 0 Å². The van der Waals surface area contributed by atoms with Crippen molar-refractivity contribution in [1.29, 1.82) is 0 Å². The SMILES string of the molecule is COc1c2c(c(OC)c(OC)c1OC)C(CCCCCCCCN1CCN(c3ccccn3)CC1)CC2. The van der Waals surface area contributed by atoms with Gasteiger partial charge in [-0.05, 0) is 50.3 Å². The Morgan fingerprint density at radius 3 is 2.05 bits per heavy atom. The van der Waals surface area contributed by atoms with E-state index in [1.807, 2.05) is 12.3 Å². The highest BCUT2D eigenvalue weighted by molar-refractivity contribution is 5.69. The summed E-state index contributed by atoms with van der Waals surface area (Å²) < 4.78 is 22.9.